The summed E-state index contributed by atoms with van der Waals surface area (Å²) in [7, 11) is 0. The van der Waals surface area contributed by atoms with E-state index >= 15 is 0 Å². The Hall–Kier alpha value is 0.0900. The van der Waals surface area contributed by atoms with Crippen LogP contribution in [0.5, 0.6) is 0 Å². The first-order valence-electron chi connectivity index (χ1n) is 2.64. The van der Waals surface area contributed by atoms with Gasteiger partial charge in [0.2, 0.25) is 0 Å². The standard InChI is InChI=1S/C7H4Cl3/c8-6-4-2-1-3-5(6)7(9)10/h1-4H. The van der Waals surface area contributed by atoms with Gasteiger partial charge in [0.05, 0.1) is 0 Å². The van der Waals surface area contributed by atoms with Crippen LogP contribution >= 0.6 is 34.8 Å². The summed E-state index contributed by atoms with van der Waals surface area (Å²) in [5, 5.41) is 0.572. The second kappa shape index (κ2) is 3.47. The molecule has 0 aliphatic heterocycles. The zero-order chi connectivity index (χ0) is 7.56. The van der Waals surface area contributed by atoms with Crippen LogP contribution in [0.4, 0.5) is 0 Å². The number of rotatable bonds is 1. The second-order valence-electron chi connectivity index (χ2n) is 1.74. The van der Waals surface area contributed by atoms with Gasteiger partial charge in [-0.05, 0) is 6.07 Å². The molecular formula is C7H4Cl3. The summed E-state index contributed by atoms with van der Waals surface area (Å²) in [5.74, 6) is 0. The molecule has 0 nitrogen and oxygen atoms in total. The van der Waals surface area contributed by atoms with Crippen LogP contribution in [-0.2, 0) is 0 Å². The highest BCUT2D eigenvalue weighted by molar-refractivity contribution is 6.55. The first kappa shape index (κ1) is 8.19. The minimum atomic E-state index is 0.200. The zero-order valence-corrected chi connectivity index (χ0v) is 7.21. The van der Waals surface area contributed by atoms with Crippen LogP contribution in [0.15, 0.2) is 24.3 Å². The molecule has 0 unspecified atom stereocenters. The molecule has 3 heteroatoms. The lowest BCUT2D eigenvalue weighted by Crippen LogP contribution is -1.81. The van der Waals surface area contributed by atoms with Gasteiger partial charge in [0.25, 0.3) is 0 Å². The normalized spacial score (nSPS) is 10.4. The van der Waals surface area contributed by atoms with Crippen molar-refractivity contribution in [1.29, 1.82) is 0 Å². The third-order valence-corrected chi connectivity index (χ3v) is 1.81. The molecule has 1 radical (unpaired) electrons. The minimum Gasteiger partial charge on any atom is -0.0925 e. The Kier molecular flexibility index (Phi) is 2.84. The first-order valence-corrected chi connectivity index (χ1v) is 3.78. The molecule has 0 heterocycles. The molecule has 0 aromatic heterocycles. The summed E-state index contributed by atoms with van der Waals surface area (Å²) in [6.07, 6.45) is 0. The van der Waals surface area contributed by atoms with Crippen molar-refractivity contribution < 1.29 is 0 Å². The molecular weight excluding hydrogens is 190 g/mol. The van der Waals surface area contributed by atoms with E-state index in [0.717, 1.165) is 0 Å². The van der Waals surface area contributed by atoms with Crippen LogP contribution in [-0.4, -0.2) is 0 Å². The zero-order valence-electron chi connectivity index (χ0n) is 4.94. The smallest absolute Gasteiger partial charge is 0.0925 e. The number of hydrogen-bond donors (Lipinski definition) is 0. The van der Waals surface area contributed by atoms with Crippen LogP contribution in [0.1, 0.15) is 5.56 Å². The quantitative estimate of drug-likeness (QED) is 0.640. The first-order chi connectivity index (χ1) is 4.72. The maximum atomic E-state index is 5.73. The fourth-order valence-corrected chi connectivity index (χ4v) is 1.27. The lowest BCUT2D eigenvalue weighted by molar-refractivity contribution is 1.55. The number of benzene rings is 1. The van der Waals surface area contributed by atoms with Gasteiger partial charge in [-0.3, -0.25) is 0 Å². The molecule has 1 aromatic rings. The summed E-state index contributed by atoms with van der Waals surface area (Å²) >= 11 is 16.7. The van der Waals surface area contributed by atoms with E-state index in [4.69, 9.17) is 34.8 Å². The van der Waals surface area contributed by atoms with Crippen molar-refractivity contribution in [3.05, 3.63) is 39.7 Å². The molecule has 10 heavy (non-hydrogen) atoms. The van der Waals surface area contributed by atoms with Gasteiger partial charge in [-0.25, -0.2) is 0 Å². The summed E-state index contributed by atoms with van der Waals surface area (Å²) in [6, 6.07) is 7.15. The summed E-state index contributed by atoms with van der Waals surface area (Å²) < 4.78 is 0. The molecule has 0 aliphatic rings. The molecule has 0 atom stereocenters. The van der Waals surface area contributed by atoms with E-state index in [1.165, 1.54) is 0 Å². The fourth-order valence-electron chi connectivity index (χ4n) is 0.614. The van der Waals surface area contributed by atoms with Crippen molar-refractivity contribution in [3.8, 4) is 0 Å². The molecule has 0 aliphatic carbocycles. The summed E-state index contributed by atoms with van der Waals surface area (Å²) in [5.41, 5.74) is 0.674. The Bertz CT molecular complexity index is 220. The third kappa shape index (κ3) is 1.79. The maximum Gasteiger partial charge on any atom is 0.181 e. The molecule has 0 saturated carbocycles. The number of hydrogen-bond acceptors (Lipinski definition) is 0. The van der Waals surface area contributed by atoms with Crippen LogP contribution in [0.2, 0.25) is 5.02 Å². The second-order valence-corrected chi connectivity index (χ2v) is 3.10. The summed E-state index contributed by atoms with van der Waals surface area (Å²) in [6.45, 7) is 0. The van der Waals surface area contributed by atoms with Gasteiger partial charge in [-0.1, -0.05) is 53.0 Å². The van der Waals surface area contributed by atoms with Crippen molar-refractivity contribution in [2.45, 2.75) is 0 Å². The summed E-state index contributed by atoms with van der Waals surface area (Å²) in [4.78, 5) is 0.200. The predicted molar refractivity (Wildman–Crippen MR) is 45.5 cm³/mol. The monoisotopic (exact) mass is 193 g/mol. The van der Waals surface area contributed by atoms with Crippen LogP contribution in [0, 0.1) is 4.84 Å². The Morgan fingerprint density at radius 3 is 2.10 bits per heavy atom. The number of halogens is 3. The van der Waals surface area contributed by atoms with Crippen molar-refractivity contribution in [2.75, 3.05) is 0 Å². The van der Waals surface area contributed by atoms with E-state index in [1.807, 2.05) is 12.1 Å². The molecule has 53 valence electrons. The molecule has 0 spiro atoms. The Morgan fingerprint density at radius 1 is 1.10 bits per heavy atom. The van der Waals surface area contributed by atoms with Crippen LogP contribution < -0.4 is 0 Å². The van der Waals surface area contributed by atoms with E-state index in [0.29, 0.717) is 10.6 Å². The molecule has 0 bridgehead atoms. The largest absolute Gasteiger partial charge is 0.181 e. The van der Waals surface area contributed by atoms with Crippen LogP contribution in [0.3, 0.4) is 0 Å². The highest BCUT2D eigenvalue weighted by atomic mass is 35.5. The lowest BCUT2D eigenvalue weighted by Gasteiger charge is -2.00. The fraction of sp³-hybridized carbons (Fsp3) is 0. The van der Waals surface area contributed by atoms with Crippen molar-refractivity contribution in [1.82, 2.24) is 0 Å². The van der Waals surface area contributed by atoms with Gasteiger partial charge in [0.15, 0.2) is 4.84 Å². The van der Waals surface area contributed by atoms with E-state index in [1.54, 1.807) is 12.1 Å². The van der Waals surface area contributed by atoms with Crippen molar-refractivity contribution >= 4 is 34.8 Å². The lowest BCUT2D eigenvalue weighted by atomic mass is 10.2. The van der Waals surface area contributed by atoms with Gasteiger partial charge < -0.3 is 0 Å². The predicted octanol–water partition coefficient (Wildman–Crippen LogP) is 3.66. The average molecular weight is 194 g/mol. The van der Waals surface area contributed by atoms with Crippen molar-refractivity contribution in [3.63, 3.8) is 0 Å². The highest BCUT2D eigenvalue weighted by Crippen LogP contribution is 2.29. The van der Waals surface area contributed by atoms with E-state index in [9.17, 15) is 0 Å². The average Bonchev–Trinajstić information content (AvgIpc) is 1.88. The van der Waals surface area contributed by atoms with Gasteiger partial charge in [-0.2, -0.15) is 0 Å². The van der Waals surface area contributed by atoms with Crippen LogP contribution in [0.25, 0.3) is 0 Å². The van der Waals surface area contributed by atoms with Gasteiger partial charge in [0, 0.05) is 10.6 Å². The molecule has 1 aromatic carbocycles. The van der Waals surface area contributed by atoms with Gasteiger partial charge in [-0.15, -0.1) is 0 Å². The third-order valence-electron chi connectivity index (χ3n) is 1.08. The molecule has 1 rings (SSSR count). The molecule has 0 N–H and O–H groups in total. The van der Waals surface area contributed by atoms with E-state index < -0.39 is 0 Å². The highest BCUT2D eigenvalue weighted by Gasteiger charge is 2.07. The maximum absolute atomic E-state index is 5.73. The van der Waals surface area contributed by atoms with E-state index in [-0.39, 0.29) is 4.84 Å². The Labute approximate surface area is 74.7 Å². The SMILES string of the molecule is Cl[C](Cl)c1ccccc1Cl. The van der Waals surface area contributed by atoms with E-state index in [2.05, 4.69) is 0 Å². The Balaban J connectivity index is 3.03. The molecule has 0 amide bonds. The Morgan fingerprint density at radius 2 is 1.70 bits per heavy atom. The molecule has 0 saturated heterocycles. The molecule has 0 fully saturated rings. The minimum absolute atomic E-state index is 0.200. The topological polar surface area (TPSA) is 0 Å². The van der Waals surface area contributed by atoms with Gasteiger partial charge >= 0.3 is 0 Å². The van der Waals surface area contributed by atoms with Crippen molar-refractivity contribution in [2.24, 2.45) is 0 Å². The van der Waals surface area contributed by atoms with Gasteiger partial charge in [0.1, 0.15) is 0 Å².